The molecule has 4 heterocycles. The van der Waals surface area contributed by atoms with Gasteiger partial charge < -0.3 is 4.98 Å². The van der Waals surface area contributed by atoms with E-state index in [4.69, 9.17) is 0 Å². The molecule has 4 aromatic heterocycles. The smallest absolute Gasteiger partial charge is 0.313 e. The summed E-state index contributed by atoms with van der Waals surface area (Å²) in [5, 5.41) is 9.96. The van der Waals surface area contributed by atoms with Crippen LogP contribution < -0.4 is 11.2 Å². The number of rotatable bonds is 3. The van der Waals surface area contributed by atoms with E-state index >= 15 is 0 Å². The van der Waals surface area contributed by atoms with Crippen LogP contribution in [0.3, 0.4) is 0 Å². The Hall–Kier alpha value is -4.01. The molecule has 1 aromatic carbocycles. The van der Waals surface area contributed by atoms with Crippen LogP contribution in [0.2, 0.25) is 0 Å². The molecule has 2 N–H and O–H groups in total. The first-order valence-corrected chi connectivity index (χ1v) is 9.67. The van der Waals surface area contributed by atoms with Crippen molar-refractivity contribution >= 4 is 16.6 Å². The van der Waals surface area contributed by atoms with Crippen molar-refractivity contribution in [1.82, 2.24) is 34.3 Å². The normalized spacial score (nSPS) is 18.3. The SMILES string of the molecule is Cn1ncc2ccc([C@H]3CC3c3cc(-c4c[nH]c(=O)[nH]c4=O)nn4ccnc34)cc21. The summed E-state index contributed by atoms with van der Waals surface area (Å²) in [6.07, 6.45) is 7.73. The van der Waals surface area contributed by atoms with Crippen molar-refractivity contribution in [2.24, 2.45) is 7.05 Å². The Morgan fingerprint density at radius 3 is 2.93 bits per heavy atom. The third kappa shape index (κ3) is 2.52. The fourth-order valence-electron chi connectivity index (χ4n) is 4.24. The minimum atomic E-state index is -0.541. The average molecular weight is 399 g/mol. The predicted octanol–water partition coefficient (Wildman–Crippen LogP) is 1.93. The van der Waals surface area contributed by atoms with Gasteiger partial charge in [0.1, 0.15) is 0 Å². The van der Waals surface area contributed by atoms with Gasteiger partial charge >= 0.3 is 5.69 Å². The lowest BCUT2D eigenvalue weighted by Gasteiger charge is -2.07. The van der Waals surface area contributed by atoms with Crippen molar-refractivity contribution in [3.05, 3.63) is 81.0 Å². The second kappa shape index (κ2) is 5.99. The fourth-order valence-corrected chi connectivity index (χ4v) is 4.24. The van der Waals surface area contributed by atoms with E-state index in [0.717, 1.165) is 28.5 Å². The quantitative estimate of drug-likeness (QED) is 0.481. The van der Waals surface area contributed by atoms with Crippen LogP contribution in [0.15, 0.2) is 58.6 Å². The first kappa shape index (κ1) is 16.9. The first-order chi connectivity index (χ1) is 14.6. The Morgan fingerprint density at radius 2 is 2.07 bits per heavy atom. The van der Waals surface area contributed by atoms with Crippen LogP contribution in [0.4, 0.5) is 0 Å². The topological polar surface area (TPSA) is 114 Å². The van der Waals surface area contributed by atoms with Gasteiger partial charge in [0.2, 0.25) is 0 Å². The standard InChI is InChI=1S/C21H17N7O2/c1-27-18-6-11(2-3-12(18)9-24-27)13-7-14(13)15-8-17(26-28-5-4-22-19(15)28)16-10-23-21(30)25-20(16)29/h2-6,8-10,13-14H,7H2,1H3,(H2,23,25,29,30)/t13-,14?/m1/s1. The molecule has 1 fully saturated rings. The molecule has 0 aliphatic heterocycles. The summed E-state index contributed by atoms with van der Waals surface area (Å²) in [5.74, 6) is 0.651. The second-order valence-corrected chi connectivity index (χ2v) is 7.70. The minimum absolute atomic E-state index is 0.282. The van der Waals surface area contributed by atoms with E-state index in [1.165, 1.54) is 11.8 Å². The van der Waals surface area contributed by atoms with Gasteiger partial charge in [0.15, 0.2) is 5.65 Å². The van der Waals surface area contributed by atoms with Crippen molar-refractivity contribution in [1.29, 1.82) is 0 Å². The number of aromatic amines is 2. The molecule has 30 heavy (non-hydrogen) atoms. The lowest BCUT2D eigenvalue weighted by atomic mass is 10.0. The zero-order valence-corrected chi connectivity index (χ0v) is 16.0. The first-order valence-electron chi connectivity index (χ1n) is 9.67. The zero-order chi connectivity index (χ0) is 20.4. The molecule has 5 aromatic rings. The van der Waals surface area contributed by atoms with Crippen molar-refractivity contribution in [3.8, 4) is 11.3 Å². The lowest BCUT2D eigenvalue weighted by molar-refractivity contribution is 0.796. The largest absolute Gasteiger partial charge is 0.325 e. The Kier molecular flexibility index (Phi) is 3.38. The molecule has 1 aliphatic rings. The second-order valence-electron chi connectivity index (χ2n) is 7.70. The molecule has 1 aliphatic carbocycles. The Labute approximate surface area is 169 Å². The summed E-state index contributed by atoms with van der Waals surface area (Å²) >= 11 is 0. The molecule has 1 saturated carbocycles. The molecule has 0 bridgehead atoms. The minimum Gasteiger partial charge on any atom is -0.313 e. The molecular weight excluding hydrogens is 382 g/mol. The van der Waals surface area contributed by atoms with E-state index in [-0.39, 0.29) is 5.92 Å². The monoisotopic (exact) mass is 399 g/mol. The van der Waals surface area contributed by atoms with Crippen molar-refractivity contribution < 1.29 is 0 Å². The van der Waals surface area contributed by atoms with Crippen LogP contribution in [0.5, 0.6) is 0 Å². The summed E-state index contributed by atoms with van der Waals surface area (Å²) in [4.78, 5) is 32.9. The maximum Gasteiger partial charge on any atom is 0.325 e. The van der Waals surface area contributed by atoms with Gasteiger partial charge in [-0.15, -0.1) is 0 Å². The van der Waals surface area contributed by atoms with E-state index in [9.17, 15) is 9.59 Å². The Bertz CT molecular complexity index is 1560. The number of aromatic nitrogens is 7. The zero-order valence-electron chi connectivity index (χ0n) is 16.0. The van der Waals surface area contributed by atoms with E-state index in [2.05, 4.69) is 43.3 Å². The van der Waals surface area contributed by atoms with Crippen molar-refractivity contribution in [2.45, 2.75) is 18.3 Å². The molecule has 0 radical (unpaired) electrons. The van der Waals surface area contributed by atoms with E-state index < -0.39 is 11.2 Å². The van der Waals surface area contributed by atoms with Crippen molar-refractivity contribution in [3.63, 3.8) is 0 Å². The van der Waals surface area contributed by atoms with Gasteiger partial charge in [-0.25, -0.2) is 14.3 Å². The average Bonchev–Trinajstić information content (AvgIpc) is 3.23. The predicted molar refractivity (Wildman–Crippen MR) is 110 cm³/mol. The molecule has 9 nitrogen and oxygen atoms in total. The van der Waals surface area contributed by atoms with Crippen LogP contribution in [0, 0.1) is 0 Å². The van der Waals surface area contributed by atoms with Gasteiger partial charge in [-0.3, -0.25) is 14.5 Å². The summed E-state index contributed by atoms with van der Waals surface area (Å²) in [6.45, 7) is 0. The molecular formula is C21H17N7O2. The van der Waals surface area contributed by atoms with E-state index in [1.54, 1.807) is 16.9 Å². The Balaban J connectivity index is 1.45. The number of hydrogen-bond acceptors (Lipinski definition) is 5. The molecule has 0 saturated heterocycles. The summed E-state index contributed by atoms with van der Waals surface area (Å²) in [6, 6.07) is 8.38. The van der Waals surface area contributed by atoms with E-state index in [0.29, 0.717) is 17.2 Å². The number of aryl methyl sites for hydroxylation is 1. The van der Waals surface area contributed by atoms with Crippen molar-refractivity contribution in [2.75, 3.05) is 0 Å². The highest BCUT2D eigenvalue weighted by Crippen LogP contribution is 2.55. The molecule has 9 heteroatoms. The van der Waals surface area contributed by atoms with Crippen LogP contribution in [0.1, 0.15) is 29.4 Å². The molecule has 1 unspecified atom stereocenters. The number of nitrogens with zero attached hydrogens (tertiary/aromatic N) is 5. The maximum atomic E-state index is 12.3. The number of benzene rings is 1. The fraction of sp³-hybridized carbons (Fsp3) is 0.190. The highest BCUT2D eigenvalue weighted by molar-refractivity contribution is 5.79. The van der Waals surface area contributed by atoms with Gasteiger partial charge in [0.05, 0.1) is 23.0 Å². The third-order valence-corrected chi connectivity index (χ3v) is 5.87. The number of imidazole rings is 1. The third-order valence-electron chi connectivity index (χ3n) is 5.87. The van der Waals surface area contributed by atoms with Crippen LogP contribution >= 0.6 is 0 Å². The van der Waals surface area contributed by atoms with Gasteiger partial charge in [-0.1, -0.05) is 12.1 Å². The highest BCUT2D eigenvalue weighted by atomic mass is 16.2. The van der Waals surface area contributed by atoms with Crippen LogP contribution in [-0.2, 0) is 7.05 Å². The van der Waals surface area contributed by atoms with Gasteiger partial charge in [0.25, 0.3) is 5.56 Å². The summed E-state index contributed by atoms with van der Waals surface area (Å²) < 4.78 is 3.57. The number of fused-ring (bicyclic) bond motifs is 2. The van der Waals surface area contributed by atoms with Crippen LogP contribution in [0.25, 0.3) is 27.8 Å². The molecule has 0 amide bonds. The summed E-state index contributed by atoms with van der Waals surface area (Å²) in [5.41, 5.74) is 4.02. The number of hydrogen-bond donors (Lipinski definition) is 2. The maximum absolute atomic E-state index is 12.3. The summed E-state index contributed by atoms with van der Waals surface area (Å²) in [7, 11) is 1.95. The van der Waals surface area contributed by atoms with Gasteiger partial charge in [-0.2, -0.15) is 10.2 Å². The Morgan fingerprint density at radius 1 is 1.17 bits per heavy atom. The highest BCUT2D eigenvalue weighted by Gasteiger charge is 2.41. The molecule has 6 rings (SSSR count). The molecule has 2 atom stereocenters. The number of H-pyrrole nitrogens is 2. The molecule has 0 spiro atoms. The van der Waals surface area contributed by atoms with Gasteiger partial charge in [0, 0.05) is 36.6 Å². The number of nitrogens with one attached hydrogen (secondary N) is 2. The molecule has 148 valence electrons. The van der Waals surface area contributed by atoms with Crippen LogP contribution in [-0.4, -0.2) is 34.3 Å². The van der Waals surface area contributed by atoms with E-state index in [1.807, 2.05) is 24.0 Å². The lowest BCUT2D eigenvalue weighted by Crippen LogP contribution is -2.23. The van der Waals surface area contributed by atoms with Gasteiger partial charge in [-0.05, 0) is 36.0 Å².